The quantitative estimate of drug-likeness (QED) is 0.910. The van der Waals surface area contributed by atoms with Gasteiger partial charge in [-0.3, -0.25) is 4.90 Å². The lowest BCUT2D eigenvalue weighted by molar-refractivity contribution is 0.0705. The van der Waals surface area contributed by atoms with Crippen molar-refractivity contribution in [3.63, 3.8) is 0 Å². The third-order valence-corrected chi connectivity index (χ3v) is 4.20. The van der Waals surface area contributed by atoms with Gasteiger partial charge in [-0.2, -0.15) is 0 Å². The van der Waals surface area contributed by atoms with Gasteiger partial charge in [-0.25, -0.2) is 4.39 Å². The summed E-state index contributed by atoms with van der Waals surface area (Å²) in [5, 5.41) is 3.63. The Hall–Kier alpha value is -0.930. The molecule has 3 heteroatoms. The van der Waals surface area contributed by atoms with Crippen molar-refractivity contribution in [2.24, 2.45) is 5.92 Å². The van der Waals surface area contributed by atoms with Crippen molar-refractivity contribution in [3.05, 3.63) is 35.6 Å². The smallest absolute Gasteiger partial charge is 0.123 e. The maximum atomic E-state index is 13.2. The molecule has 1 unspecified atom stereocenters. The number of piperazine rings is 1. The van der Waals surface area contributed by atoms with E-state index in [0.717, 1.165) is 31.6 Å². The molecule has 0 radical (unpaired) electrons. The number of hydrogen-bond donors (Lipinski definition) is 1. The first-order valence-electron chi connectivity index (χ1n) is 7.61. The highest BCUT2D eigenvalue weighted by Gasteiger charge is 2.33. The van der Waals surface area contributed by atoms with E-state index in [1.165, 1.54) is 6.07 Å². The molecule has 1 aliphatic heterocycles. The lowest BCUT2D eigenvalue weighted by Crippen LogP contribution is -2.63. The minimum Gasteiger partial charge on any atom is -0.309 e. The van der Waals surface area contributed by atoms with Crippen LogP contribution in [0.2, 0.25) is 0 Å². The Bertz CT molecular complexity index is 442. The first-order valence-corrected chi connectivity index (χ1v) is 7.61. The molecule has 20 heavy (non-hydrogen) atoms. The summed E-state index contributed by atoms with van der Waals surface area (Å²) in [6, 6.07) is 7.54. The van der Waals surface area contributed by atoms with Crippen LogP contribution in [0.4, 0.5) is 4.39 Å². The number of nitrogens with one attached hydrogen (secondary N) is 1. The average Bonchev–Trinajstić information content (AvgIpc) is 2.35. The van der Waals surface area contributed by atoms with Crippen molar-refractivity contribution in [2.75, 3.05) is 19.6 Å². The van der Waals surface area contributed by atoms with E-state index in [2.05, 4.69) is 37.9 Å². The Balaban J connectivity index is 2.00. The first kappa shape index (κ1) is 15.5. The van der Waals surface area contributed by atoms with Gasteiger partial charge in [0.05, 0.1) is 0 Å². The highest BCUT2D eigenvalue weighted by atomic mass is 19.1. The fourth-order valence-electron chi connectivity index (χ4n) is 3.06. The summed E-state index contributed by atoms with van der Waals surface area (Å²) < 4.78 is 13.2. The van der Waals surface area contributed by atoms with Crippen LogP contribution in [0, 0.1) is 11.7 Å². The highest BCUT2D eigenvalue weighted by molar-refractivity contribution is 5.16. The first-order chi connectivity index (χ1) is 9.37. The third-order valence-electron chi connectivity index (χ3n) is 4.20. The molecule has 0 aromatic heterocycles. The SMILES string of the molecule is CC(C)C1CNC(C)(C)CN1CCc1cccc(F)c1. The molecule has 2 rings (SSSR count). The zero-order chi connectivity index (χ0) is 14.8. The molecule has 0 saturated carbocycles. The van der Waals surface area contributed by atoms with Gasteiger partial charge in [0.1, 0.15) is 5.82 Å². The Kier molecular flexibility index (Phi) is 4.82. The molecule has 1 atom stereocenters. The van der Waals surface area contributed by atoms with E-state index < -0.39 is 0 Å². The van der Waals surface area contributed by atoms with Crippen LogP contribution in [-0.2, 0) is 6.42 Å². The number of hydrogen-bond acceptors (Lipinski definition) is 2. The van der Waals surface area contributed by atoms with Crippen LogP contribution in [0.25, 0.3) is 0 Å². The van der Waals surface area contributed by atoms with Gasteiger partial charge in [0.2, 0.25) is 0 Å². The van der Waals surface area contributed by atoms with Crippen LogP contribution < -0.4 is 5.32 Å². The van der Waals surface area contributed by atoms with Gasteiger partial charge in [-0.1, -0.05) is 26.0 Å². The summed E-state index contributed by atoms with van der Waals surface area (Å²) >= 11 is 0. The number of nitrogens with zero attached hydrogens (tertiary/aromatic N) is 1. The van der Waals surface area contributed by atoms with Crippen molar-refractivity contribution >= 4 is 0 Å². The van der Waals surface area contributed by atoms with Crippen LogP contribution in [0.15, 0.2) is 24.3 Å². The summed E-state index contributed by atoms with van der Waals surface area (Å²) in [5.41, 5.74) is 1.25. The van der Waals surface area contributed by atoms with Crippen molar-refractivity contribution in [3.8, 4) is 0 Å². The zero-order valence-corrected chi connectivity index (χ0v) is 13.1. The van der Waals surface area contributed by atoms with E-state index >= 15 is 0 Å². The van der Waals surface area contributed by atoms with E-state index in [-0.39, 0.29) is 11.4 Å². The van der Waals surface area contributed by atoms with E-state index in [0.29, 0.717) is 12.0 Å². The fraction of sp³-hybridized carbons (Fsp3) is 0.647. The molecule has 1 N–H and O–H groups in total. The number of rotatable bonds is 4. The van der Waals surface area contributed by atoms with Gasteiger partial charge in [-0.15, -0.1) is 0 Å². The fourth-order valence-corrected chi connectivity index (χ4v) is 3.06. The second-order valence-electron chi connectivity index (χ2n) is 6.93. The van der Waals surface area contributed by atoms with E-state index in [4.69, 9.17) is 0 Å². The highest BCUT2D eigenvalue weighted by Crippen LogP contribution is 2.20. The molecule has 0 bridgehead atoms. The monoisotopic (exact) mass is 278 g/mol. The van der Waals surface area contributed by atoms with Gasteiger partial charge in [0.15, 0.2) is 0 Å². The Morgan fingerprint density at radius 2 is 2.15 bits per heavy atom. The van der Waals surface area contributed by atoms with Crippen LogP contribution in [0.1, 0.15) is 33.3 Å². The molecule has 1 aliphatic rings. The molecular weight excluding hydrogens is 251 g/mol. The summed E-state index contributed by atoms with van der Waals surface area (Å²) in [7, 11) is 0. The second kappa shape index (κ2) is 6.23. The molecule has 1 saturated heterocycles. The Morgan fingerprint density at radius 1 is 1.40 bits per heavy atom. The molecular formula is C17H27FN2. The van der Waals surface area contributed by atoms with Crippen molar-refractivity contribution < 1.29 is 4.39 Å². The summed E-state index contributed by atoms with van der Waals surface area (Å²) in [4.78, 5) is 2.56. The van der Waals surface area contributed by atoms with Crippen molar-refractivity contribution in [2.45, 2.75) is 45.7 Å². The normalized spacial score (nSPS) is 23.2. The lowest BCUT2D eigenvalue weighted by atomic mass is 9.92. The molecule has 0 amide bonds. The zero-order valence-electron chi connectivity index (χ0n) is 13.1. The van der Waals surface area contributed by atoms with E-state index in [9.17, 15) is 4.39 Å². The predicted molar refractivity (Wildman–Crippen MR) is 82.4 cm³/mol. The summed E-state index contributed by atoms with van der Waals surface area (Å²) in [6.07, 6.45) is 0.914. The molecule has 2 nitrogen and oxygen atoms in total. The summed E-state index contributed by atoms with van der Waals surface area (Å²) in [6.45, 7) is 12.1. The molecule has 1 fully saturated rings. The van der Waals surface area contributed by atoms with Crippen LogP contribution in [-0.4, -0.2) is 36.1 Å². The number of benzene rings is 1. The standard InChI is InChI=1S/C17H27FN2/c1-13(2)16-11-19-17(3,4)12-20(16)9-8-14-6-5-7-15(18)10-14/h5-7,10,13,16,19H,8-9,11-12H2,1-4H3. The molecule has 0 aliphatic carbocycles. The van der Waals surface area contributed by atoms with Crippen LogP contribution >= 0.6 is 0 Å². The van der Waals surface area contributed by atoms with Crippen LogP contribution in [0.3, 0.4) is 0 Å². The minimum atomic E-state index is -0.136. The van der Waals surface area contributed by atoms with Crippen molar-refractivity contribution in [1.29, 1.82) is 0 Å². The maximum Gasteiger partial charge on any atom is 0.123 e. The van der Waals surface area contributed by atoms with Gasteiger partial charge >= 0.3 is 0 Å². The topological polar surface area (TPSA) is 15.3 Å². The summed E-state index contributed by atoms with van der Waals surface area (Å²) in [5.74, 6) is 0.495. The maximum absolute atomic E-state index is 13.2. The number of halogens is 1. The molecule has 1 aromatic rings. The van der Waals surface area contributed by atoms with Gasteiger partial charge in [-0.05, 0) is 43.9 Å². The Morgan fingerprint density at radius 3 is 2.80 bits per heavy atom. The van der Waals surface area contributed by atoms with E-state index in [1.54, 1.807) is 12.1 Å². The van der Waals surface area contributed by atoms with Crippen molar-refractivity contribution in [1.82, 2.24) is 10.2 Å². The molecule has 1 heterocycles. The molecule has 0 spiro atoms. The lowest BCUT2D eigenvalue weighted by Gasteiger charge is -2.46. The van der Waals surface area contributed by atoms with Gasteiger partial charge in [0.25, 0.3) is 0 Å². The average molecular weight is 278 g/mol. The Labute approximate surface area is 122 Å². The molecule has 112 valence electrons. The second-order valence-corrected chi connectivity index (χ2v) is 6.93. The molecule has 1 aromatic carbocycles. The van der Waals surface area contributed by atoms with Gasteiger partial charge < -0.3 is 5.32 Å². The largest absolute Gasteiger partial charge is 0.309 e. The van der Waals surface area contributed by atoms with E-state index in [1.807, 2.05) is 6.07 Å². The van der Waals surface area contributed by atoms with Gasteiger partial charge in [0, 0.05) is 31.2 Å². The predicted octanol–water partition coefficient (Wildman–Crippen LogP) is 3.08. The van der Waals surface area contributed by atoms with Crippen LogP contribution in [0.5, 0.6) is 0 Å². The third kappa shape index (κ3) is 4.03. The minimum absolute atomic E-state index is 0.136.